The van der Waals surface area contributed by atoms with Crippen LogP contribution in [0.1, 0.15) is 82.9 Å². The minimum atomic E-state index is -0.435. The SMILES string of the molecule is C=CC(=O)OC(=CCCCCCCCC)c1ccc2c(cnn2C2CCCCO2)c1. The number of allylic oxidation sites excluding steroid dienone is 1. The number of benzene rings is 1. The highest BCUT2D eigenvalue weighted by molar-refractivity contribution is 5.88. The molecule has 2 aromatic rings. The van der Waals surface area contributed by atoms with Gasteiger partial charge in [-0.15, -0.1) is 0 Å². The summed E-state index contributed by atoms with van der Waals surface area (Å²) in [6.07, 6.45) is 16.6. The Hall–Kier alpha value is -2.40. The molecule has 1 unspecified atom stereocenters. The number of esters is 1. The van der Waals surface area contributed by atoms with Crippen LogP contribution < -0.4 is 0 Å². The maximum Gasteiger partial charge on any atom is 0.335 e. The van der Waals surface area contributed by atoms with E-state index in [9.17, 15) is 4.79 Å². The van der Waals surface area contributed by atoms with Crippen molar-refractivity contribution in [3.8, 4) is 0 Å². The lowest BCUT2D eigenvalue weighted by Crippen LogP contribution is -2.18. The molecule has 0 spiro atoms. The Morgan fingerprint density at radius 1 is 1.27 bits per heavy atom. The van der Waals surface area contributed by atoms with Gasteiger partial charge in [-0.05, 0) is 56.4 Å². The van der Waals surface area contributed by atoms with E-state index in [2.05, 4.69) is 18.6 Å². The Morgan fingerprint density at radius 3 is 2.87 bits per heavy atom. The zero-order valence-corrected chi connectivity index (χ0v) is 18.1. The van der Waals surface area contributed by atoms with Crippen molar-refractivity contribution in [3.05, 3.63) is 48.7 Å². The number of hydrogen-bond donors (Lipinski definition) is 0. The number of aromatic nitrogens is 2. The van der Waals surface area contributed by atoms with Gasteiger partial charge in [-0.25, -0.2) is 9.48 Å². The summed E-state index contributed by atoms with van der Waals surface area (Å²) >= 11 is 0. The molecule has 1 aliphatic rings. The van der Waals surface area contributed by atoms with Gasteiger partial charge in [0.15, 0.2) is 6.23 Å². The second-order valence-corrected chi connectivity index (χ2v) is 7.93. The van der Waals surface area contributed by atoms with Crippen molar-refractivity contribution in [2.45, 2.75) is 77.4 Å². The molecule has 1 fully saturated rings. The van der Waals surface area contributed by atoms with Crippen LogP contribution in [0.3, 0.4) is 0 Å². The lowest BCUT2D eigenvalue weighted by Gasteiger charge is -2.23. The summed E-state index contributed by atoms with van der Waals surface area (Å²) in [5.74, 6) is 0.160. The molecule has 1 aliphatic heterocycles. The summed E-state index contributed by atoms with van der Waals surface area (Å²) < 4.78 is 13.4. The lowest BCUT2D eigenvalue weighted by molar-refractivity contribution is -0.131. The predicted octanol–water partition coefficient (Wildman–Crippen LogP) is 6.56. The topological polar surface area (TPSA) is 53.3 Å². The minimum absolute atomic E-state index is 0.00316. The van der Waals surface area contributed by atoms with E-state index in [-0.39, 0.29) is 6.23 Å². The second-order valence-electron chi connectivity index (χ2n) is 7.93. The van der Waals surface area contributed by atoms with Crippen molar-refractivity contribution in [2.75, 3.05) is 6.61 Å². The normalized spacial score (nSPS) is 17.2. The fourth-order valence-electron chi connectivity index (χ4n) is 3.88. The lowest BCUT2D eigenvalue weighted by atomic mass is 10.1. The van der Waals surface area contributed by atoms with Gasteiger partial charge in [-0.3, -0.25) is 0 Å². The van der Waals surface area contributed by atoms with E-state index in [0.717, 1.165) is 55.2 Å². The Morgan fingerprint density at radius 2 is 2.10 bits per heavy atom. The first-order valence-corrected chi connectivity index (χ1v) is 11.4. The number of fused-ring (bicyclic) bond motifs is 1. The Labute approximate surface area is 179 Å². The summed E-state index contributed by atoms with van der Waals surface area (Å²) in [6.45, 7) is 6.53. The Balaban J connectivity index is 1.72. The Bertz CT molecular complexity index is 862. The van der Waals surface area contributed by atoms with E-state index in [4.69, 9.17) is 9.47 Å². The smallest absolute Gasteiger partial charge is 0.335 e. The van der Waals surface area contributed by atoms with Gasteiger partial charge in [-0.1, -0.05) is 45.6 Å². The number of ether oxygens (including phenoxy) is 2. The summed E-state index contributed by atoms with van der Waals surface area (Å²) in [6, 6.07) is 6.06. The highest BCUT2D eigenvalue weighted by Gasteiger charge is 2.19. The van der Waals surface area contributed by atoms with E-state index in [0.29, 0.717) is 5.76 Å². The molecule has 0 radical (unpaired) electrons. The Kier molecular flexibility index (Phi) is 8.69. The van der Waals surface area contributed by atoms with E-state index < -0.39 is 5.97 Å². The molecule has 162 valence electrons. The van der Waals surface area contributed by atoms with Crippen molar-refractivity contribution >= 4 is 22.6 Å². The molecule has 0 bridgehead atoms. The number of nitrogens with zero attached hydrogens (tertiary/aromatic N) is 2. The first-order chi connectivity index (χ1) is 14.7. The van der Waals surface area contributed by atoms with Crippen LogP contribution in [0.25, 0.3) is 16.7 Å². The van der Waals surface area contributed by atoms with Gasteiger partial charge in [0, 0.05) is 23.6 Å². The maximum atomic E-state index is 11.9. The van der Waals surface area contributed by atoms with Crippen molar-refractivity contribution in [2.24, 2.45) is 0 Å². The molecule has 5 heteroatoms. The molecule has 1 atom stereocenters. The summed E-state index contributed by atoms with van der Waals surface area (Å²) in [5, 5.41) is 5.57. The van der Waals surface area contributed by atoms with Crippen LogP contribution in [0.2, 0.25) is 0 Å². The first-order valence-electron chi connectivity index (χ1n) is 11.4. The van der Waals surface area contributed by atoms with Crippen molar-refractivity contribution in [1.29, 1.82) is 0 Å². The van der Waals surface area contributed by atoms with Crippen LogP contribution in [-0.2, 0) is 14.3 Å². The number of hydrogen-bond acceptors (Lipinski definition) is 4. The van der Waals surface area contributed by atoms with Crippen molar-refractivity contribution in [3.63, 3.8) is 0 Å². The summed E-state index contributed by atoms with van der Waals surface area (Å²) in [5.41, 5.74) is 1.92. The molecule has 1 aromatic heterocycles. The van der Waals surface area contributed by atoms with Crippen LogP contribution in [0.4, 0.5) is 0 Å². The van der Waals surface area contributed by atoms with Gasteiger partial charge >= 0.3 is 5.97 Å². The van der Waals surface area contributed by atoms with Crippen LogP contribution >= 0.6 is 0 Å². The van der Waals surface area contributed by atoms with E-state index in [1.54, 1.807) is 0 Å². The van der Waals surface area contributed by atoms with Gasteiger partial charge in [0.2, 0.25) is 0 Å². The molecule has 5 nitrogen and oxygen atoms in total. The largest absolute Gasteiger partial charge is 0.423 e. The van der Waals surface area contributed by atoms with Crippen molar-refractivity contribution in [1.82, 2.24) is 9.78 Å². The van der Waals surface area contributed by atoms with Gasteiger partial charge in [0.05, 0.1) is 11.7 Å². The third-order valence-electron chi connectivity index (χ3n) is 5.57. The fourth-order valence-corrected chi connectivity index (χ4v) is 3.88. The molecule has 0 amide bonds. The van der Waals surface area contributed by atoms with Gasteiger partial charge in [0.1, 0.15) is 5.76 Å². The van der Waals surface area contributed by atoms with E-state index >= 15 is 0 Å². The molecule has 1 aromatic carbocycles. The molecule has 0 N–H and O–H groups in total. The van der Waals surface area contributed by atoms with Crippen LogP contribution in [-0.4, -0.2) is 22.4 Å². The first kappa shape index (κ1) is 22.3. The predicted molar refractivity (Wildman–Crippen MR) is 121 cm³/mol. The zero-order valence-electron chi connectivity index (χ0n) is 18.1. The molecule has 3 rings (SSSR count). The number of rotatable bonds is 11. The zero-order chi connectivity index (χ0) is 21.2. The second kappa shape index (κ2) is 11.7. The van der Waals surface area contributed by atoms with Crippen LogP contribution in [0.5, 0.6) is 0 Å². The third kappa shape index (κ3) is 6.05. The van der Waals surface area contributed by atoms with E-state index in [1.807, 2.05) is 35.2 Å². The molecule has 30 heavy (non-hydrogen) atoms. The minimum Gasteiger partial charge on any atom is -0.423 e. The van der Waals surface area contributed by atoms with Crippen LogP contribution in [0, 0.1) is 0 Å². The standard InChI is InChI=1S/C25H34N2O3/c1-3-5-6-7-8-9-10-13-23(30-25(28)4-2)20-15-16-22-21(18-20)19-26-27(22)24-14-11-12-17-29-24/h4,13,15-16,18-19,24H,2-3,5-12,14,17H2,1H3. The number of carbonyl (C=O) groups is 1. The van der Waals surface area contributed by atoms with Crippen LogP contribution in [0.15, 0.2) is 43.1 Å². The maximum absolute atomic E-state index is 11.9. The fraction of sp³-hybridized carbons (Fsp3) is 0.520. The van der Waals surface area contributed by atoms with Gasteiger partial charge in [0.25, 0.3) is 0 Å². The van der Waals surface area contributed by atoms with Gasteiger partial charge < -0.3 is 9.47 Å². The average molecular weight is 411 g/mol. The number of unbranched alkanes of at least 4 members (excludes halogenated alkanes) is 6. The quantitative estimate of drug-likeness (QED) is 0.182. The molecule has 1 saturated heterocycles. The third-order valence-corrected chi connectivity index (χ3v) is 5.57. The monoisotopic (exact) mass is 410 g/mol. The highest BCUT2D eigenvalue weighted by Crippen LogP contribution is 2.28. The van der Waals surface area contributed by atoms with Crippen molar-refractivity contribution < 1.29 is 14.3 Å². The van der Waals surface area contributed by atoms with E-state index in [1.165, 1.54) is 38.2 Å². The summed E-state index contributed by atoms with van der Waals surface area (Å²) in [4.78, 5) is 11.9. The highest BCUT2D eigenvalue weighted by atomic mass is 16.5. The molecular formula is C25H34N2O3. The molecule has 0 aliphatic carbocycles. The molecule has 2 heterocycles. The molecular weight excluding hydrogens is 376 g/mol. The number of carbonyl (C=O) groups excluding carboxylic acids is 1. The average Bonchev–Trinajstić information content (AvgIpc) is 3.21. The molecule has 0 saturated carbocycles. The summed E-state index contributed by atoms with van der Waals surface area (Å²) in [7, 11) is 0. The van der Waals surface area contributed by atoms with Gasteiger partial charge in [-0.2, -0.15) is 5.10 Å².